The molecule has 78 valence electrons. The average Bonchev–Trinajstić information content (AvgIpc) is 2.28. The molecule has 6 heteroatoms. The van der Waals surface area contributed by atoms with E-state index in [1.807, 2.05) is 30.3 Å². The lowest BCUT2D eigenvalue weighted by Crippen LogP contribution is -2.49. The third kappa shape index (κ3) is 2.66. The van der Waals surface area contributed by atoms with E-state index in [0.29, 0.717) is 16.2 Å². The minimum Gasteiger partial charge on any atom is -0.481 e. The maximum atomic E-state index is 5.56. The number of hydrogen-bond donors (Lipinski definition) is 0. The molecule has 0 N–H and O–H groups in total. The van der Waals surface area contributed by atoms with E-state index in [9.17, 15) is 0 Å². The summed E-state index contributed by atoms with van der Waals surface area (Å²) in [6.45, 7) is 0. The van der Waals surface area contributed by atoms with Gasteiger partial charge in [0.2, 0.25) is 0 Å². The molecule has 0 bridgehead atoms. The fourth-order valence-corrected chi connectivity index (χ4v) is 3.43. The second kappa shape index (κ2) is 5.27. The van der Waals surface area contributed by atoms with E-state index in [2.05, 4.69) is 0 Å². The van der Waals surface area contributed by atoms with Gasteiger partial charge in [-0.25, -0.2) is 0 Å². The topological polar surface area (TPSA) is 36.9 Å². The van der Waals surface area contributed by atoms with Crippen LogP contribution in [-0.2, 0) is 13.0 Å². The molecule has 0 amide bonds. The molecule has 4 nitrogen and oxygen atoms in total. The summed E-state index contributed by atoms with van der Waals surface area (Å²) >= 11 is 0. The average molecular weight is 230 g/mol. The van der Waals surface area contributed by atoms with Crippen LogP contribution in [0.2, 0.25) is 0 Å². The summed E-state index contributed by atoms with van der Waals surface area (Å²) in [6, 6.07) is 9.35. The number of hydrogen-bond acceptors (Lipinski definition) is 4. The smallest absolute Gasteiger partial charge is 0.481 e. The van der Waals surface area contributed by atoms with Crippen molar-refractivity contribution >= 4 is 19.5 Å². The summed E-state index contributed by atoms with van der Waals surface area (Å²) in [7, 11) is 0.665. The maximum absolute atomic E-state index is 5.56. The third-order valence-corrected chi connectivity index (χ3v) is 5.22. The van der Waals surface area contributed by atoms with Gasteiger partial charge in [0, 0.05) is 14.2 Å². The van der Waals surface area contributed by atoms with Crippen LogP contribution in [-0.4, -0.2) is 33.8 Å². The van der Waals surface area contributed by atoms with Gasteiger partial charge in [0.15, 0.2) is 0 Å². The van der Waals surface area contributed by atoms with Crippen LogP contribution in [0.1, 0.15) is 0 Å². The monoisotopic (exact) mass is 230 g/mol. The molecule has 0 unspecified atom stereocenters. The van der Waals surface area contributed by atoms with Crippen LogP contribution < -0.4 is 4.43 Å². The summed E-state index contributed by atoms with van der Waals surface area (Å²) in [5, 5.41) is 0. The second-order valence-corrected chi connectivity index (χ2v) is 6.18. The molecule has 0 atom stereocenters. The van der Waals surface area contributed by atoms with Gasteiger partial charge in [0.1, 0.15) is 16.2 Å². The first-order valence-electron chi connectivity index (χ1n) is 4.16. The van der Waals surface area contributed by atoms with Crippen LogP contribution in [0.4, 0.5) is 0 Å². The lowest BCUT2D eigenvalue weighted by Gasteiger charge is -2.23. The van der Waals surface area contributed by atoms with Crippen LogP contribution in [0.3, 0.4) is 0 Å². The van der Waals surface area contributed by atoms with Crippen LogP contribution in [0.5, 0.6) is 5.75 Å². The quantitative estimate of drug-likeness (QED) is 0.672. The summed E-state index contributed by atoms with van der Waals surface area (Å²) in [4.78, 5) is 0. The summed E-state index contributed by atoms with van der Waals surface area (Å²) in [5.41, 5.74) is 0. The Bertz CT molecular complexity index is 255. The fourth-order valence-electron chi connectivity index (χ4n) is 1.01. The zero-order valence-electron chi connectivity index (χ0n) is 8.52. The molecule has 0 spiro atoms. The van der Waals surface area contributed by atoms with Gasteiger partial charge in [-0.3, -0.25) is 0 Å². The van der Waals surface area contributed by atoms with Gasteiger partial charge in [0.05, 0.1) is 0 Å². The van der Waals surface area contributed by atoms with E-state index in [1.165, 1.54) is 14.2 Å². The maximum Gasteiger partial charge on any atom is 0.737 e. The molecular formula is C8H14O4Si2. The van der Waals surface area contributed by atoms with Crippen LogP contribution in [0.15, 0.2) is 30.3 Å². The van der Waals surface area contributed by atoms with Gasteiger partial charge in [-0.1, -0.05) is 18.2 Å². The van der Waals surface area contributed by atoms with E-state index >= 15 is 0 Å². The van der Waals surface area contributed by atoms with Crippen molar-refractivity contribution in [3.05, 3.63) is 30.3 Å². The Morgan fingerprint density at radius 2 is 1.64 bits per heavy atom. The number of para-hydroxylation sites is 1. The van der Waals surface area contributed by atoms with Crippen LogP contribution in [0.25, 0.3) is 0 Å². The molecule has 0 aliphatic carbocycles. The standard InChI is InChI=1S/C8H14O4Si2/c1-9-14(10-2,12-13)11-8-6-4-3-5-7-8/h3-7H,1-2,13H3. The first-order chi connectivity index (χ1) is 6.76. The molecule has 14 heavy (non-hydrogen) atoms. The second-order valence-electron chi connectivity index (χ2n) is 2.53. The minimum absolute atomic E-state index is 0.513. The van der Waals surface area contributed by atoms with Gasteiger partial charge in [-0.2, -0.15) is 0 Å². The molecule has 0 aliphatic heterocycles. The molecule has 1 aromatic rings. The lowest BCUT2D eigenvalue weighted by atomic mass is 10.3. The molecule has 0 radical (unpaired) electrons. The van der Waals surface area contributed by atoms with Gasteiger partial charge >= 0.3 is 9.05 Å². The molecule has 0 heterocycles. The summed E-state index contributed by atoms with van der Waals surface area (Å²) in [6.07, 6.45) is 0. The van der Waals surface area contributed by atoms with Crippen molar-refractivity contribution in [2.24, 2.45) is 0 Å². The highest BCUT2D eigenvalue weighted by Gasteiger charge is 2.44. The largest absolute Gasteiger partial charge is 0.737 e. The van der Waals surface area contributed by atoms with E-state index in [0.717, 1.165) is 0 Å². The van der Waals surface area contributed by atoms with Crippen molar-refractivity contribution in [3.8, 4) is 5.75 Å². The summed E-state index contributed by atoms with van der Waals surface area (Å²) in [5.74, 6) is 0.693. The SMILES string of the molecule is CO[Si](OC)(O[SiH3])Oc1ccccc1. The molecule has 0 fully saturated rings. The lowest BCUT2D eigenvalue weighted by molar-refractivity contribution is 0.0866. The Morgan fingerprint density at radius 1 is 1.07 bits per heavy atom. The van der Waals surface area contributed by atoms with Crippen molar-refractivity contribution in [2.75, 3.05) is 14.2 Å². The molecule has 0 aromatic heterocycles. The zero-order valence-corrected chi connectivity index (χ0v) is 11.5. The van der Waals surface area contributed by atoms with Crippen molar-refractivity contribution in [1.82, 2.24) is 0 Å². The first-order valence-corrected chi connectivity index (χ1v) is 6.61. The van der Waals surface area contributed by atoms with Crippen molar-refractivity contribution < 1.29 is 17.4 Å². The fraction of sp³-hybridized carbons (Fsp3) is 0.250. The Hall–Kier alpha value is -0.666. The predicted molar refractivity (Wildman–Crippen MR) is 57.9 cm³/mol. The van der Waals surface area contributed by atoms with Crippen molar-refractivity contribution in [2.45, 2.75) is 0 Å². The van der Waals surface area contributed by atoms with Crippen LogP contribution in [0, 0.1) is 0 Å². The van der Waals surface area contributed by atoms with E-state index in [-0.39, 0.29) is 0 Å². The summed E-state index contributed by atoms with van der Waals surface area (Å²) < 4.78 is 21.1. The number of rotatable bonds is 5. The third-order valence-electron chi connectivity index (χ3n) is 1.74. The Labute approximate surface area is 87.8 Å². The number of benzene rings is 1. The molecule has 1 rings (SSSR count). The molecule has 0 saturated heterocycles. The normalized spacial score (nSPS) is 11.6. The van der Waals surface area contributed by atoms with Crippen molar-refractivity contribution in [1.29, 1.82) is 0 Å². The van der Waals surface area contributed by atoms with Gasteiger partial charge in [-0.15, -0.1) is 0 Å². The highest BCUT2D eigenvalue weighted by atomic mass is 28.4. The van der Waals surface area contributed by atoms with E-state index in [4.69, 9.17) is 17.4 Å². The molecule has 0 aliphatic rings. The molecule has 0 saturated carbocycles. The highest BCUT2D eigenvalue weighted by molar-refractivity contribution is 6.57. The molecular weight excluding hydrogens is 216 g/mol. The van der Waals surface area contributed by atoms with Gasteiger partial charge in [0.25, 0.3) is 0 Å². The van der Waals surface area contributed by atoms with Gasteiger partial charge in [-0.05, 0) is 12.1 Å². The predicted octanol–water partition coefficient (Wildman–Crippen LogP) is 0.0908. The minimum atomic E-state index is -2.90. The molecule has 1 aromatic carbocycles. The first kappa shape index (κ1) is 11.4. The van der Waals surface area contributed by atoms with Crippen LogP contribution >= 0.6 is 0 Å². The van der Waals surface area contributed by atoms with Gasteiger partial charge < -0.3 is 17.4 Å². The Balaban J connectivity index is 2.74. The van der Waals surface area contributed by atoms with E-state index in [1.54, 1.807) is 0 Å². The highest BCUT2D eigenvalue weighted by Crippen LogP contribution is 2.16. The van der Waals surface area contributed by atoms with E-state index < -0.39 is 9.05 Å². The Kier molecular flexibility index (Phi) is 4.30. The zero-order chi connectivity index (χ0) is 10.4. The Morgan fingerprint density at radius 3 is 2.07 bits per heavy atom. The van der Waals surface area contributed by atoms with Crippen molar-refractivity contribution in [3.63, 3.8) is 0 Å².